The van der Waals surface area contributed by atoms with Gasteiger partial charge < -0.3 is 0 Å². The SMILES string of the molecule is Cc1nc2ccc(I)cc2c(=O)n1-c1ncccn1. The van der Waals surface area contributed by atoms with E-state index in [0.29, 0.717) is 22.7 Å². The van der Waals surface area contributed by atoms with E-state index in [2.05, 4.69) is 37.5 Å². The molecule has 3 aromatic rings. The monoisotopic (exact) mass is 364 g/mol. The Bertz CT molecular complexity index is 814. The van der Waals surface area contributed by atoms with E-state index in [-0.39, 0.29) is 5.56 Å². The number of hydrogen-bond donors (Lipinski definition) is 0. The third kappa shape index (κ3) is 2.12. The zero-order chi connectivity index (χ0) is 13.4. The number of hydrogen-bond acceptors (Lipinski definition) is 4. The quantitative estimate of drug-likeness (QED) is 0.621. The lowest BCUT2D eigenvalue weighted by Crippen LogP contribution is -2.24. The molecule has 0 unspecified atom stereocenters. The lowest BCUT2D eigenvalue weighted by Gasteiger charge is -2.08. The largest absolute Gasteiger partial charge is 0.268 e. The summed E-state index contributed by atoms with van der Waals surface area (Å²) in [6.45, 7) is 1.77. The third-order valence-corrected chi connectivity index (χ3v) is 3.42. The van der Waals surface area contributed by atoms with Gasteiger partial charge in [0.05, 0.1) is 10.9 Å². The highest BCUT2D eigenvalue weighted by atomic mass is 127. The van der Waals surface area contributed by atoms with E-state index in [0.717, 1.165) is 3.57 Å². The molecule has 3 rings (SSSR count). The molecule has 0 saturated heterocycles. The van der Waals surface area contributed by atoms with Crippen LogP contribution in [0.1, 0.15) is 5.82 Å². The van der Waals surface area contributed by atoms with Crippen LogP contribution in [0.25, 0.3) is 16.9 Å². The molecule has 0 aliphatic heterocycles. The normalized spacial score (nSPS) is 10.8. The van der Waals surface area contributed by atoms with Gasteiger partial charge in [-0.3, -0.25) is 4.79 Å². The zero-order valence-corrected chi connectivity index (χ0v) is 12.2. The van der Waals surface area contributed by atoms with Crippen LogP contribution >= 0.6 is 22.6 Å². The Balaban J connectivity index is 2.41. The van der Waals surface area contributed by atoms with Gasteiger partial charge in [0.15, 0.2) is 0 Å². The van der Waals surface area contributed by atoms with Crippen LogP contribution in [0.3, 0.4) is 0 Å². The molecular formula is C13H9IN4O. The number of aryl methyl sites for hydroxylation is 1. The molecule has 1 aromatic carbocycles. The van der Waals surface area contributed by atoms with Crippen molar-refractivity contribution >= 4 is 33.5 Å². The molecule has 19 heavy (non-hydrogen) atoms. The number of aromatic nitrogens is 4. The fraction of sp³-hybridized carbons (Fsp3) is 0.0769. The zero-order valence-electron chi connectivity index (χ0n) is 10.0. The minimum Gasteiger partial charge on any atom is -0.268 e. The Labute approximate surface area is 122 Å². The Morgan fingerprint density at radius 3 is 2.68 bits per heavy atom. The van der Waals surface area contributed by atoms with Crippen LogP contribution in [0.4, 0.5) is 0 Å². The molecular weight excluding hydrogens is 355 g/mol. The number of halogens is 1. The molecule has 0 fully saturated rings. The molecule has 5 nitrogen and oxygen atoms in total. The number of benzene rings is 1. The van der Waals surface area contributed by atoms with Crippen LogP contribution in [0, 0.1) is 10.5 Å². The first-order chi connectivity index (χ1) is 9.16. The van der Waals surface area contributed by atoms with Gasteiger partial charge in [-0.05, 0) is 53.8 Å². The molecule has 0 atom stereocenters. The number of nitrogens with zero attached hydrogens (tertiary/aromatic N) is 4. The van der Waals surface area contributed by atoms with Crippen molar-refractivity contribution < 1.29 is 0 Å². The van der Waals surface area contributed by atoms with Gasteiger partial charge in [-0.15, -0.1) is 0 Å². The summed E-state index contributed by atoms with van der Waals surface area (Å²) in [5.41, 5.74) is 0.544. The third-order valence-electron chi connectivity index (χ3n) is 2.75. The summed E-state index contributed by atoms with van der Waals surface area (Å²) >= 11 is 2.17. The van der Waals surface area contributed by atoms with E-state index in [1.54, 1.807) is 25.4 Å². The van der Waals surface area contributed by atoms with Gasteiger partial charge in [0.2, 0.25) is 5.95 Å². The summed E-state index contributed by atoms with van der Waals surface area (Å²) in [6, 6.07) is 7.31. The van der Waals surface area contributed by atoms with Crippen LogP contribution in [-0.4, -0.2) is 19.5 Å². The fourth-order valence-corrected chi connectivity index (χ4v) is 2.40. The predicted molar refractivity (Wildman–Crippen MR) is 80.4 cm³/mol. The first-order valence-corrected chi connectivity index (χ1v) is 6.71. The Morgan fingerprint density at radius 2 is 1.95 bits per heavy atom. The summed E-state index contributed by atoms with van der Waals surface area (Å²) in [5, 5.41) is 0.574. The molecule has 0 N–H and O–H groups in total. The van der Waals surface area contributed by atoms with Crippen molar-refractivity contribution in [3.8, 4) is 5.95 Å². The van der Waals surface area contributed by atoms with Crippen molar-refractivity contribution in [2.24, 2.45) is 0 Å². The van der Waals surface area contributed by atoms with Crippen molar-refractivity contribution in [3.63, 3.8) is 0 Å². The smallest absolute Gasteiger partial charge is 0.268 e. The highest BCUT2D eigenvalue weighted by Crippen LogP contribution is 2.13. The summed E-state index contributed by atoms with van der Waals surface area (Å²) in [5.74, 6) is 0.920. The number of rotatable bonds is 1. The molecule has 0 bridgehead atoms. The summed E-state index contributed by atoms with van der Waals surface area (Å²) < 4.78 is 2.42. The highest BCUT2D eigenvalue weighted by molar-refractivity contribution is 14.1. The van der Waals surface area contributed by atoms with E-state index >= 15 is 0 Å². The molecule has 0 saturated carbocycles. The first-order valence-electron chi connectivity index (χ1n) is 5.63. The second-order valence-corrected chi connectivity index (χ2v) is 5.26. The van der Waals surface area contributed by atoms with Crippen LogP contribution in [0.2, 0.25) is 0 Å². The average Bonchev–Trinajstić information content (AvgIpc) is 2.41. The molecule has 2 heterocycles. The van der Waals surface area contributed by atoms with Gasteiger partial charge in [-0.1, -0.05) is 0 Å². The highest BCUT2D eigenvalue weighted by Gasteiger charge is 2.11. The van der Waals surface area contributed by atoms with Gasteiger partial charge in [-0.2, -0.15) is 0 Å². The molecule has 2 aromatic heterocycles. The van der Waals surface area contributed by atoms with Crippen molar-refractivity contribution in [2.75, 3.05) is 0 Å². The van der Waals surface area contributed by atoms with Crippen LogP contribution in [0.5, 0.6) is 0 Å². The maximum atomic E-state index is 12.5. The molecule has 0 spiro atoms. The summed E-state index contributed by atoms with van der Waals surface area (Å²) in [7, 11) is 0. The van der Waals surface area contributed by atoms with Crippen LogP contribution in [-0.2, 0) is 0 Å². The van der Waals surface area contributed by atoms with Gasteiger partial charge >= 0.3 is 0 Å². The molecule has 6 heteroatoms. The molecule has 0 radical (unpaired) electrons. The van der Waals surface area contributed by atoms with Crippen molar-refractivity contribution in [2.45, 2.75) is 6.92 Å². The lowest BCUT2D eigenvalue weighted by atomic mass is 10.2. The van der Waals surface area contributed by atoms with Gasteiger partial charge in [0.1, 0.15) is 5.82 Å². The maximum Gasteiger partial charge on any atom is 0.268 e. The van der Waals surface area contributed by atoms with E-state index in [4.69, 9.17) is 0 Å². The van der Waals surface area contributed by atoms with Gasteiger partial charge in [0.25, 0.3) is 5.56 Å². The summed E-state index contributed by atoms with van der Waals surface area (Å²) in [6.07, 6.45) is 3.21. The summed E-state index contributed by atoms with van der Waals surface area (Å²) in [4.78, 5) is 25.2. The second-order valence-electron chi connectivity index (χ2n) is 4.01. The van der Waals surface area contributed by atoms with Crippen LogP contribution in [0.15, 0.2) is 41.5 Å². The van der Waals surface area contributed by atoms with Gasteiger partial charge in [-0.25, -0.2) is 19.5 Å². The van der Waals surface area contributed by atoms with E-state index in [9.17, 15) is 4.79 Å². The van der Waals surface area contributed by atoms with E-state index in [1.165, 1.54) is 4.57 Å². The molecule has 0 amide bonds. The second kappa shape index (κ2) is 4.69. The van der Waals surface area contributed by atoms with Crippen LogP contribution < -0.4 is 5.56 Å². The standard InChI is InChI=1S/C13H9IN4O/c1-8-17-11-4-3-9(14)7-10(11)12(19)18(8)13-15-5-2-6-16-13/h2-7H,1H3. The van der Waals surface area contributed by atoms with E-state index in [1.807, 2.05) is 18.2 Å². The molecule has 94 valence electrons. The Kier molecular flexibility index (Phi) is 3.02. The van der Waals surface area contributed by atoms with E-state index < -0.39 is 0 Å². The molecule has 0 aliphatic carbocycles. The van der Waals surface area contributed by atoms with Crippen molar-refractivity contribution in [1.29, 1.82) is 0 Å². The minimum atomic E-state index is -0.146. The van der Waals surface area contributed by atoms with Gasteiger partial charge in [0, 0.05) is 16.0 Å². The fourth-order valence-electron chi connectivity index (χ4n) is 1.91. The van der Waals surface area contributed by atoms with Crippen molar-refractivity contribution in [1.82, 2.24) is 19.5 Å². The minimum absolute atomic E-state index is 0.146. The topological polar surface area (TPSA) is 60.7 Å². The van der Waals surface area contributed by atoms with Crippen molar-refractivity contribution in [3.05, 3.63) is 56.4 Å². The molecule has 0 aliphatic rings. The maximum absolute atomic E-state index is 12.5. The lowest BCUT2D eigenvalue weighted by molar-refractivity contribution is 0.826. The Hall–Kier alpha value is -1.83. The number of fused-ring (bicyclic) bond motifs is 1. The first kappa shape index (κ1) is 12.2. The Morgan fingerprint density at radius 1 is 1.21 bits per heavy atom. The predicted octanol–water partition coefficient (Wildman–Crippen LogP) is 2.09. The average molecular weight is 364 g/mol.